The number of benzene rings is 1. The number of hydrogen-bond donors (Lipinski definition) is 1. The van der Waals surface area contributed by atoms with E-state index in [0.717, 1.165) is 12.0 Å². The summed E-state index contributed by atoms with van der Waals surface area (Å²) in [7, 11) is 0. The summed E-state index contributed by atoms with van der Waals surface area (Å²) in [5, 5.41) is 0.163. The number of nitrogens with two attached hydrogens (primary N) is 1. The Morgan fingerprint density at radius 2 is 2.08 bits per heavy atom. The van der Waals surface area contributed by atoms with Crippen molar-refractivity contribution in [3.63, 3.8) is 0 Å². The molecule has 0 aromatic heterocycles. The van der Waals surface area contributed by atoms with Crippen LogP contribution in [0, 0.1) is 5.82 Å². The molecule has 0 aliphatic rings. The van der Waals surface area contributed by atoms with Crippen LogP contribution in [0.25, 0.3) is 0 Å². The van der Waals surface area contributed by atoms with Gasteiger partial charge >= 0.3 is 0 Å². The van der Waals surface area contributed by atoms with Gasteiger partial charge in [0.2, 0.25) is 0 Å². The van der Waals surface area contributed by atoms with Crippen molar-refractivity contribution < 1.29 is 4.39 Å². The highest BCUT2D eigenvalue weighted by molar-refractivity contribution is 6.30. The summed E-state index contributed by atoms with van der Waals surface area (Å²) in [6, 6.07) is 4.64. The molecule has 0 radical (unpaired) electrons. The van der Waals surface area contributed by atoms with Crippen molar-refractivity contribution in [2.24, 2.45) is 5.73 Å². The first-order valence-corrected chi connectivity index (χ1v) is 3.76. The van der Waals surface area contributed by atoms with E-state index in [-0.39, 0.29) is 23.2 Å². The molecule has 0 fully saturated rings. The Labute approximate surface area is 82.1 Å². The van der Waals surface area contributed by atoms with Crippen LogP contribution in [0.15, 0.2) is 18.2 Å². The first-order valence-electron chi connectivity index (χ1n) is 3.38. The van der Waals surface area contributed by atoms with Crippen molar-refractivity contribution in [3.05, 3.63) is 34.6 Å². The molecule has 1 aromatic rings. The summed E-state index contributed by atoms with van der Waals surface area (Å²) >= 11 is 5.53. The summed E-state index contributed by atoms with van der Waals surface area (Å²) in [6.45, 7) is 0.558. The van der Waals surface area contributed by atoms with E-state index in [0.29, 0.717) is 6.54 Å². The molecule has 1 rings (SSSR count). The Balaban J connectivity index is 0.00000121. The minimum atomic E-state index is -0.382. The topological polar surface area (TPSA) is 26.0 Å². The summed E-state index contributed by atoms with van der Waals surface area (Å²) in [4.78, 5) is 0. The Bertz CT molecular complexity index is 253. The lowest BCUT2D eigenvalue weighted by Gasteiger charge is -1.99. The zero-order valence-electron chi connectivity index (χ0n) is 6.39. The summed E-state index contributed by atoms with van der Waals surface area (Å²) < 4.78 is 12.6. The maximum Gasteiger partial charge on any atom is 0.141 e. The number of rotatable bonds is 2. The fourth-order valence-electron chi connectivity index (χ4n) is 0.862. The standard InChI is InChI=1S/C8H9ClFN.ClH/c9-7-5-6(3-4-11)1-2-8(7)10;/h1-2,5H,3-4,11H2;1H. The van der Waals surface area contributed by atoms with Crippen LogP contribution in [0.4, 0.5) is 4.39 Å². The van der Waals surface area contributed by atoms with Crippen molar-refractivity contribution in [2.45, 2.75) is 6.42 Å². The van der Waals surface area contributed by atoms with E-state index < -0.39 is 0 Å². The van der Waals surface area contributed by atoms with Crippen LogP contribution in [0.3, 0.4) is 0 Å². The van der Waals surface area contributed by atoms with E-state index in [1.165, 1.54) is 6.07 Å². The largest absolute Gasteiger partial charge is 0.330 e. The van der Waals surface area contributed by atoms with E-state index in [1.54, 1.807) is 12.1 Å². The van der Waals surface area contributed by atoms with Gasteiger partial charge in [-0.2, -0.15) is 0 Å². The maximum atomic E-state index is 12.6. The molecule has 1 aromatic carbocycles. The van der Waals surface area contributed by atoms with Gasteiger partial charge in [0.1, 0.15) is 5.82 Å². The van der Waals surface area contributed by atoms with Crippen LogP contribution in [-0.2, 0) is 6.42 Å². The highest BCUT2D eigenvalue weighted by Gasteiger charge is 1.98. The molecule has 0 atom stereocenters. The van der Waals surface area contributed by atoms with E-state index in [9.17, 15) is 4.39 Å². The highest BCUT2D eigenvalue weighted by Crippen LogP contribution is 2.15. The van der Waals surface area contributed by atoms with E-state index >= 15 is 0 Å². The van der Waals surface area contributed by atoms with E-state index in [1.807, 2.05) is 0 Å². The molecule has 4 heteroatoms. The van der Waals surface area contributed by atoms with Crippen LogP contribution in [0.5, 0.6) is 0 Å². The van der Waals surface area contributed by atoms with Crippen LogP contribution in [0.2, 0.25) is 5.02 Å². The Hall–Kier alpha value is -0.310. The lowest BCUT2D eigenvalue weighted by Crippen LogP contribution is -2.02. The molecule has 0 aliphatic heterocycles. The van der Waals surface area contributed by atoms with Crippen molar-refractivity contribution in [1.82, 2.24) is 0 Å². The third-order valence-electron chi connectivity index (χ3n) is 1.42. The highest BCUT2D eigenvalue weighted by atomic mass is 35.5. The minimum absolute atomic E-state index is 0. The number of halogens is 3. The Morgan fingerprint density at radius 1 is 1.42 bits per heavy atom. The molecule has 0 heterocycles. The third-order valence-corrected chi connectivity index (χ3v) is 1.71. The summed E-state index contributed by atoms with van der Waals surface area (Å²) in [6.07, 6.45) is 0.736. The van der Waals surface area contributed by atoms with Gasteiger partial charge in [-0.3, -0.25) is 0 Å². The molecule has 0 aliphatic carbocycles. The zero-order chi connectivity index (χ0) is 8.27. The molecule has 0 saturated heterocycles. The first kappa shape index (κ1) is 11.7. The quantitative estimate of drug-likeness (QED) is 0.796. The van der Waals surface area contributed by atoms with Crippen LogP contribution < -0.4 is 5.73 Å². The van der Waals surface area contributed by atoms with Gasteiger partial charge in [0.15, 0.2) is 0 Å². The normalized spacial score (nSPS) is 9.25. The second-order valence-corrected chi connectivity index (χ2v) is 2.69. The van der Waals surface area contributed by atoms with E-state index in [2.05, 4.69) is 0 Å². The molecule has 0 spiro atoms. The van der Waals surface area contributed by atoms with E-state index in [4.69, 9.17) is 17.3 Å². The van der Waals surface area contributed by atoms with Gasteiger partial charge in [-0.1, -0.05) is 17.7 Å². The second kappa shape index (κ2) is 5.36. The molecule has 12 heavy (non-hydrogen) atoms. The number of hydrogen-bond acceptors (Lipinski definition) is 1. The van der Waals surface area contributed by atoms with Gasteiger partial charge in [0.25, 0.3) is 0 Å². The molecule has 2 N–H and O–H groups in total. The maximum absolute atomic E-state index is 12.6. The van der Waals surface area contributed by atoms with Crippen LogP contribution >= 0.6 is 24.0 Å². The molecule has 68 valence electrons. The average Bonchev–Trinajstić information content (AvgIpc) is 1.98. The van der Waals surface area contributed by atoms with Crippen molar-refractivity contribution in [1.29, 1.82) is 0 Å². The molecule has 0 saturated carbocycles. The van der Waals surface area contributed by atoms with Gasteiger partial charge in [-0.25, -0.2) is 4.39 Å². The van der Waals surface area contributed by atoms with Crippen LogP contribution in [0.1, 0.15) is 5.56 Å². The van der Waals surface area contributed by atoms with Gasteiger partial charge in [0, 0.05) is 0 Å². The first-order chi connectivity index (χ1) is 5.24. The summed E-state index contributed by atoms with van der Waals surface area (Å²) in [5.74, 6) is -0.382. The molecular weight excluding hydrogens is 200 g/mol. The van der Waals surface area contributed by atoms with Crippen LogP contribution in [-0.4, -0.2) is 6.54 Å². The van der Waals surface area contributed by atoms with Gasteiger partial charge in [-0.05, 0) is 30.7 Å². The van der Waals surface area contributed by atoms with Gasteiger partial charge in [0.05, 0.1) is 5.02 Å². The molecular formula is C8H10Cl2FN. The lowest BCUT2D eigenvalue weighted by atomic mass is 10.1. The summed E-state index contributed by atoms with van der Waals surface area (Å²) in [5.41, 5.74) is 6.28. The Kier molecular flexibility index (Phi) is 5.22. The van der Waals surface area contributed by atoms with Gasteiger partial charge < -0.3 is 5.73 Å². The lowest BCUT2D eigenvalue weighted by molar-refractivity contribution is 0.627. The fourth-order valence-corrected chi connectivity index (χ4v) is 1.06. The Morgan fingerprint density at radius 3 is 2.58 bits per heavy atom. The van der Waals surface area contributed by atoms with Gasteiger partial charge in [-0.15, -0.1) is 12.4 Å². The smallest absolute Gasteiger partial charge is 0.141 e. The molecule has 1 nitrogen and oxygen atoms in total. The minimum Gasteiger partial charge on any atom is -0.330 e. The van der Waals surface area contributed by atoms with Crippen molar-refractivity contribution in [2.75, 3.05) is 6.54 Å². The zero-order valence-corrected chi connectivity index (χ0v) is 7.96. The monoisotopic (exact) mass is 209 g/mol. The second-order valence-electron chi connectivity index (χ2n) is 2.29. The average molecular weight is 210 g/mol. The van der Waals surface area contributed by atoms with Crippen molar-refractivity contribution in [3.8, 4) is 0 Å². The van der Waals surface area contributed by atoms with Crippen molar-refractivity contribution >= 4 is 24.0 Å². The SMILES string of the molecule is Cl.NCCc1ccc(F)c(Cl)c1. The predicted molar refractivity (Wildman–Crippen MR) is 51.4 cm³/mol. The predicted octanol–water partition coefficient (Wildman–Crippen LogP) is 2.40. The molecule has 0 unspecified atom stereocenters. The molecule has 0 bridgehead atoms. The molecule has 0 amide bonds. The third kappa shape index (κ3) is 2.97. The fraction of sp³-hybridized carbons (Fsp3) is 0.250.